The summed E-state index contributed by atoms with van der Waals surface area (Å²) in [5, 5.41) is 3.18. The minimum absolute atomic E-state index is 0.0502. The van der Waals surface area contributed by atoms with Gasteiger partial charge in [-0.05, 0) is 42.5 Å². The molecule has 1 aliphatic rings. The van der Waals surface area contributed by atoms with E-state index in [1.807, 2.05) is 13.0 Å². The number of fused-ring (bicyclic) bond motifs is 1. The highest BCUT2D eigenvalue weighted by Crippen LogP contribution is 2.42. The summed E-state index contributed by atoms with van der Waals surface area (Å²) in [5.74, 6) is 3.40. The molecule has 6 nitrogen and oxygen atoms in total. The fourth-order valence-electron chi connectivity index (χ4n) is 3.98. The molecule has 0 saturated carbocycles. The van der Waals surface area contributed by atoms with Crippen LogP contribution in [0.2, 0.25) is 0 Å². The van der Waals surface area contributed by atoms with Crippen molar-refractivity contribution in [3.8, 4) is 17.2 Å². The van der Waals surface area contributed by atoms with Crippen LogP contribution in [0.1, 0.15) is 49.0 Å². The van der Waals surface area contributed by atoms with Gasteiger partial charge in [0.2, 0.25) is 11.7 Å². The number of hydrogen-bond acceptors (Lipinski definition) is 5. The summed E-state index contributed by atoms with van der Waals surface area (Å²) in [6, 6.07) is 5.60. The standard InChI is InChI=1S/C22H29NO5/c1-13-7-15-16(11-22(2,3)12-19(15)28-13)23-20(24)10-14-8-17(25-4)21(27-6)18(9-14)26-5/h7-9,16H,10-12H2,1-6H3,(H,23,24). The Kier molecular flexibility index (Phi) is 5.59. The minimum atomic E-state index is -0.0539. The van der Waals surface area contributed by atoms with Crippen LogP contribution in [0.15, 0.2) is 22.6 Å². The number of carbonyl (C=O) groups excluding carboxylic acids is 1. The summed E-state index contributed by atoms with van der Waals surface area (Å²) in [5.41, 5.74) is 1.96. The van der Waals surface area contributed by atoms with Crippen LogP contribution >= 0.6 is 0 Å². The van der Waals surface area contributed by atoms with Gasteiger partial charge >= 0.3 is 0 Å². The first-order chi connectivity index (χ1) is 13.3. The number of benzene rings is 1. The number of carbonyl (C=O) groups is 1. The van der Waals surface area contributed by atoms with Gasteiger partial charge in [0, 0.05) is 12.0 Å². The van der Waals surface area contributed by atoms with Gasteiger partial charge in [-0.3, -0.25) is 4.79 Å². The van der Waals surface area contributed by atoms with E-state index in [1.54, 1.807) is 33.5 Å². The summed E-state index contributed by atoms with van der Waals surface area (Å²) >= 11 is 0. The van der Waals surface area contributed by atoms with Crippen molar-refractivity contribution >= 4 is 5.91 Å². The smallest absolute Gasteiger partial charge is 0.224 e. The van der Waals surface area contributed by atoms with E-state index >= 15 is 0 Å². The average molecular weight is 387 g/mol. The van der Waals surface area contributed by atoms with Crippen LogP contribution in [0.4, 0.5) is 0 Å². The molecule has 1 unspecified atom stereocenters. The Labute approximate surface area is 166 Å². The number of furan rings is 1. The molecule has 28 heavy (non-hydrogen) atoms. The Hall–Kier alpha value is -2.63. The van der Waals surface area contributed by atoms with Gasteiger partial charge in [-0.2, -0.15) is 0 Å². The van der Waals surface area contributed by atoms with Gasteiger partial charge in [-0.15, -0.1) is 0 Å². The Balaban J connectivity index is 1.79. The van der Waals surface area contributed by atoms with Gasteiger partial charge in [-0.25, -0.2) is 0 Å². The van der Waals surface area contributed by atoms with Crippen molar-refractivity contribution in [2.24, 2.45) is 5.41 Å². The molecule has 1 amide bonds. The highest BCUT2D eigenvalue weighted by molar-refractivity contribution is 5.79. The van der Waals surface area contributed by atoms with Gasteiger partial charge in [0.15, 0.2) is 11.5 Å². The second kappa shape index (κ2) is 7.78. The molecule has 0 bridgehead atoms. The molecule has 0 spiro atoms. The molecule has 6 heteroatoms. The van der Waals surface area contributed by atoms with E-state index < -0.39 is 0 Å². The van der Waals surface area contributed by atoms with Crippen LogP contribution in [-0.4, -0.2) is 27.2 Å². The van der Waals surface area contributed by atoms with E-state index in [4.69, 9.17) is 18.6 Å². The van der Waals surface area contributed by atoms with Gasteiger partial charge < -0.3 is 23.9 Å². The molecule has 1 aromatic heterocycles. The molecule has 2 aromatic rings. The van der Waals surface area contributed by atoms with Crippen molar-refractivity contribution in [1.82, 2.24) is 5.32 Å². The fourth-order valence-corrected chi connectivity index (χ4v) is 3.98. The van der Waals surface area contributed by atoms with Crippen LogP contribution in [0.25, 0.3) is 0 Å². The molecular weight excluding hydrogens is 358 g/mol. The summed E-state index contributed by atoms with van der Waals surface area (Å²) < 4.78 is 22.0. The van der Waals surface area contributed by atoms with Crippen LogP contribution in [0, 0.1) is 12.3 Å². The second-order valence-electron chi connectivity index (χ2n) is 8.11. The number of hydrogen-bond donors (Lipinski definition) is 1. The third kappa shape index (κ3) is 4.11. The first-order valence-corrected chi connectivity index (χ1v) is 9.43. The molecule has 152 valence electrons. The first kappa shape index (κ1) is 20.1. The van der Waals surface area contributed by atoms with E-state index in [1.165, 1.54) is 0 Å². The Morgan fingerprint density at radius 2 is 1.79 bits per heavy atom. The van der Waals surface area contributed by atoms with Gasteiger partial charge in [0.25, 0.3) is 0 Å². The van der Waals surface area contributed by atoms with Crippen LogP contribution < -0.4 is 19.5 Å². The van der Waals surface area contributed by atoms with Crippen molar-refractivity contribution in [3.05, 3.63) is 40.8 Å². The molecule has 1 aromatic carbocycles. The Bertz CT molecular complexity index is 843. The molecule has 0 fully saturated rings. The molecule has 0 aliphatic heterocycles. The summed E-state index contributed by atoms with van der Waals surface area (Å²) in [6.07, 6.45) is 1.98. The molecule has 0 saturated heterocycles. The topological polar surface area (TPSA) is 69.9 Å². The van der Waals surface area contributed by atoms with Gasteiger partial charge in [0.1, 0.15) is 11.5 Å². The maximum atomic E-state index is 12.8. The quantitative estimate of drug-likeness (QED) is 0.812. The normalized spacial score (nSPS) is 17.6. The van der Waals surface area contributed by atoms with Crippen molar-refractivity contribution in [2.75, 3.05) is 21.3 Å². The van der Waals surface area contributed by atoms with E-state index in [-0.39, 0.29) is 23.8 Å². The lowest BCUT2D eigenvalue weighted by molar-refractivity contribution is -0.121. The zero-order valence-corrected chi connectivity index (χ0v) is 17.5. The lowest BCUT2D eigenvalue weighted by atomic mass is 9.74. The highest BCUT2D eigenvalue weighted by Gasteiger charge is 2.35. The lowest BCUT2D eigenvalue weighted by Gasteiger charge is -2.34. The van der Waals surface area contributed by atoms with Crippen LogP contribution in [-0.2, 0) is 17.6 Å². The lowest BCUT2D eigenvalue weighted by Crippen LogP contribution is -2.36. The monoisotopic (exact) mass is 387 g/mol. The summed E-state index contributed by atoms with van der Waals surface area (Å²) in [7, 11) is 4.68. The third-order valence-electron chi connectivity index (χ3n) is 5.16. The predicted octanol–water partition coefficient (Wildman–Crippen LogP) is 3.99. The second-order valence-corrected chi connectivity index (χ2v) is 8.11. The summed E-state index contributed by atoms with van der Waals surface area (Å²) in [4.78, 5) is 12.8. The maximum Gasteiger partial charge on any atom is 0.224 e. The van der Waals surface area contributed by atoms with Crippen molar-refractivity contribution < 1.29 is 23.4 Å². The fraction of sp³-hybridized carbons (Fsp3) is 0.500. The van der Waals surface area contributed by atoms with Crippen LogP contribution in [0.3, 0.4) is 0 Å². The molecule has 1 atom stereocenters. The number of amides is 1. The van der Waals surface area contributed by atoms with Crippen molar-refractivity contribution in [2.45, 2.75) is 46.1 Å². The Morgan fingerprint density at radius 1 is 1.14 bits per heavy atom. The molecule has 1 aliphatic carbocycles. The zero-order chi connectivity index (χ0) is 20.5. The third-order valence-corrected chi connectivity index (χ3v) is 5.16. The average Bonchev–Trinajstić information content (AvgIpc) is 2.99. The van der Waals surface area contributed by atoms with E-state index in [0.29, 0.717) is 17.2 Å². The van der Waals surface area contributed by atoms with E-state index in [9.17, 15) is 4.79 Å². The van der Waals surface area contributed by atoms with Gasteiger partial charge in [-0.1, -0.05) is 13.8 Å². The number of methoxy groups -OCH3 is 3. The molecule has 1 N–H and O–H groups in total. The maximum absolute atomic E-state index is 12.8. The zero-order valence-electron chi connectivity index (χ0n) is 17.5. The number of aryl methyl sites for hydroxylation is 1. The van der Waals surface area contributed by atoms with E-state index in [2.05, 4.69) is 19.2 Å². The number of ether oxygens (including phenoxy) is 3. The predicted molar refractivity (Wildman–Crippen MR) is 106 cm³/mol. The highest BCUT2D eigenvalue weighted by atomic mass is 16.5. The number of nitrogens with one attached hydrogen (secondary N) is 1. The van der Waals surface area contributed by atoms with E-state index in [0.717, 1.165) is 35.5 Å². The number of rotatable bonds is 6. The minimum Gasteiger partial charge on any atom is -0.493 e. The molecular formula is C22H29NO5. The Morgan fingerprint density at radius 3 is 2.36 bits per heavy atom. The molecule has 3 rings (SSSR count). The van der Waals surface area contributed by atoms with Crippen molar-refractivity contribution in [3.63, 3.8) is 0 Å². The molecule has 0 radical (unpaired) electrons. The van der Waals surface area contributed by atoms with Gasteiger partial charge in [0.05, 0.1) is 33.8 Å². The molecule has 1 heterocycles. The largest absolute Gasteiger partial charge is 0.493 e. The first-order valence-electron chi connectivity index (χ1n) is 9.43. The van der Waals surface area contributed by atoms with Crippen molar-refractivity contribution in [1.29, 1.82) is 0 Å². The summed E-state index contributed by atoms with van der Waals surface area (Å²) in [6.45, 7) is 6.35. The SMILES string of the molecule is COc1cc(CC(=O)NC2CC(C)(C)Cc3oc(C)cc32)cc(OC)c1OC. The van der Waals surface area contributed by atoms with Crippen LogP contribution in [0.5, 0.6) is 17.2 Å².